The second-order valence-corrected chi connectivity index (χ2v) is 7.69. The highest BCUT2D eigenvalue weighted by Gasteiger charge is 2.16. The summed E-state index contributed by atoms with van der Waals surface area (Å²) in [6.45, 7) is 7.48. The van der Waals surface area contributed by atoms with Crippen molar-refractivity contribution >= 4 is 5.96 Å². The van der Waals surface area contributed by atoms with Gasteiger partial charge in [0, 0.05) is 39.8 Å². The number of methoxy groups -OCH3 is 1. The number of aliphatic imine (C=N–C) groups is 1. The van der Waals surface area contributed by atoms with E-state index in [4.69, 9.17) is 9.47 Å². The van der Waals surface area contributed by atoms with Gasteiger partial charge in [-0.3, -0.25) is 9.89 Å². The molecule has 6 heteroatoms. The van der Waals surface area contributed by atoms with Crippen LogP contribution >= 0.6 is 0 Å². The van der Waals surface area contributed by atoms with E-state index in [1.54, 1.807) is 14.2 Å². The minimum absolute atomic E-state index is 0.316. The normalized spacial score (nSPS) is 17.6. The largest absolute Gasteiger partial charge is 0.497 e. The molecule has 6 nitrogen and oxygen atoms in total. The Bertz CT molecular complexity index is 807. The maximum absolute atomic E-state index is 5.64. The van der Waals surface area contributed by atoms with Gasteiger partial charge in [0.05, 0.1) is 19.8 Å². The van der Waals surface area contributed by atoms with Crippen molar-refractivity contribution in [3.8, 4) is 5.75 Å². The number of morpholine rings is 1. The molecular formula is C24H34N4O2. The van der Waals surface area contributed by atoms with Gasteiger partial charge >= 0.3 is 0 Å². The zero-order valence-electron chi connectivity index (χ0n) is 18.4. The lowest BCUT2D eigenvalue weighted by molar-refractivity contribution is -0.0212. The van der Waals surface area contributed by atoms with Gasteiger partial charge in [-0.2, -0.15) is 0 Å². The summed E-state index contributed by atoms with van der Waals surface area (Å²) in [5.74, 6) is 1.70. The molecule has 1 atom stereocenters. The van der Waals surface area contributed by atoms with E-state index >= 15 is 0 Å². The van der Waals surface area contributed by atoms with Crippen molar-refractivity contribution < 1.29 is 9.47 Å². The first-order valence-electron chi connectivity index (χ1n) is 10.7. The molecule has 0 spiro atoms. The Morgan fingerprint density at radius 3 is 2.67 bits per heavy atom. The van der Waals surface area contributed by atoms with Crippen LogP contribution in [0, 0.1) is 0 Å². The number of ether oxygens (including phenoxy) is 2. The van der Waals surface area contributed by atoms with Gasteiger partial charge in [0.1, 0.15) is 5.75 Å². The topological polar surface area (TPSA) is 58.1 Å². The van der Waals surface area contributed by atoms with E-state index in [1.807, 2.05) is 12.1 Å². The number of rotatable bonds is 8. The predicted molar refractivity (Wildman–Crippen MR) is 122 cm³/mol. The van der Waals surface area contributed by atoms with Crippen molar-refractivity contribution in [2.45, 2.75) is 32.5 Å². The van der Waals surface area contributed by atoms with Gasteiger partial charge in [0.25, 0.3) is 0 Å². The second kappa shape index (κ2) is 11.6. The van der Waals surface area contributed by atoms with Gasteiger partial charge in [-0.15, -0.1) is 0 Å². The lowest BCUT2D eigenvalue weighted by atomic mass is 10.1. The van der Waals surface area contributed by atoms with Crippen molar-refractivity contribution in [1.82, 2.24) is 15.5 Å². The number of guanidine groups is 1. The molecular weight excluding hydrogens is 376 g/mol. The summed E-state index contributed by atoms with van der Waals surface area (Å²) >= 11 is 0. The Kier molecular flexibility index (Phi) is 8.53. The zero-order valence-corrected chi connectivity index (χ0v) is 18.4. The van der Waals surface area contributed by atoms with Crippen molar-refractivity contribution in [2.75, 3.05) is 40.4 Å². The van der Waals surface area contributed by atoms with Gasteiger partial charge in [-0.1, -0.05) is 36.4 Å². The minimum Gasteiger partial charge on any atom is -0.497 e. The lowest BCUT2D eigenvalue weighted by Crippen LogP contribution is -2.40. The highest BCUT2D eigenvalue weighted by molar-refractivity contribution is 5.79. The summed E-state index contributed by atoms with van der Waals surface area (Å²) < 4.78 is 10.8. The maximum Gasteiger partial charge on any atom is 0.191 e. The number of nitrogens with zero attached hydrogens (tertiary/aromatic N) is 2. The first-order chi connectivity index (χ1) is 14.7. The second-order valence-electron chi connectivity index (χ2n) is 7.69. The molecule has 0 aromatic heterocycles. The summed E-state index contributed by atoms with van der Waals surface area (Å²) in [6.07, 6.45) is 1.24. The van der Waals surface area contributed by atoms with Gasteiger partial charge in [-0.25, -0.2) is 0 Å². The molecule has 2 aromatic carbocycles. The Labute approximate surface area is 180 Å². The standard InChI is InChI=1S/C24H34N4O2/c1-19-17-28(13-14-30-19)18-22-6-4-5-21(15-22)16-27-24(25-2)26-12-11-20-7-9-23(29-3)10-8-20/h4-10,15,19H,11-14,16-18H2,1-3H3,(H2,25,26,27). The van der Waals surface area contributed by atoms with E-state index < -0.39 is 0 Å². The summed E-state index contributed by atoms with van der Waals surface area (Å²) in [4.78, 5) is 6.80. The minimum atomic E-state index is 0.316. The Hall–Kier alpha value is -2.57. The van der Waals surface area contributed by atoms with Crippen LogP contribution in [0.1, 0.15) is 23.6 Å². The molecule has 1 aliphatic heterocycles. The van der Waals surface area contributed by atoms with Crippen LogP contribution in [0.5, 0.6) is 5.75 Å². The molecule has 0 bridgehead atoms. The molecule has 30 heavy (non-hydrogen) atoms. The van der Waals surface area contributed by atoms with E-state index in [2.05, 4.69) is 63.8 Å². The number of hydrogen-bond acceptors (Lipinski definition) is 4. The smallest absolute Gasteiger partial charge is 0.191 e. The van der Waals surface area contributed by atoms with Crippen molar-refractivity contribution in [3.63, 3.8) is 0 Å². The van der Waals surface area contributed by atoms with E-state index in [0.717, 1.165) is 57.5 Å². The Balaban J connectivity index is 1.43. The SMILES string of the molecule is CN=C(NCCc1ccc(OC)cc1)NCc1cccc(CN2CCOC(C)C2)c1. The van der Waals surface area contributed by atoms with Crippen LogP contribution < -0.4 is 15.4 Å². The molecule has 1 heterocycles. The van der Waals surface area contributed by atoms with Crippen LogP contribution in [0.25, 0.3) is 0 Å². The molecule has 0 saturated carbocycles. The van der Waals surface area contributed by atoms with E-state index in [-0.39, 0.29) is 0 Å². The highest BCUT2D eigenvalue weighted by Crippen LogP contribution is 2.13. The third kappa shape index (κ3) is 7.04. The van der Waals surface area contributed by atoms with Gasteiger partial charge in [0.15, 0.2) is 5.96 Å². The first kappa shape index (κ1) is 22.1. The fraction of sp³-hybridized carbons (Fsp3) is 0.458. The number of hydrogen-bond donors (Lipinski definition) is 2. The molecule has 3 rings (SSSR count). The third-order valence-corrected chi connectivity index (χ3v) is 5.27. The van der Waals surface area contributed by atoms with Crippen LogP contribution in [0.2, 0.25) is 0 Å². The van der Waals surface area contributed by atoms with Crippen LogP contribution in [0.3, 0.4) is 0 Å². The molecule has 162 valence electrons. The average Bonchev–Trinajstić information content (AvgIpc) is 2.77. The van der Waals surface area contributed by atoms with Gasteiger partial charge < -0.3 is 20.1 Å². The molecule has 1 aliphatic rings. The monoisotopic (exact) mass is 410 g/mol. The summed E-state index contributed by atoms with van der Waals surface area (Å²) in [7, 11) is 3.49. The molecule has 2 aromatic rings. The molecule has 1 unspecified atom stereocenters. The molecule has 0 aliphatic carbocycles. The highest BCUT2D eigenvalue weighted by atomic mass is 16.5. The summed E-state index contributed by atoms with van der Waals surface area (Å²) in [5.41, 5.74) is 3.86. The van der Waals surface area contributed by atoms with Crippen LogP contribution in [-0.4, -0.2) is 57.4 Å². The average molecular weight is 411 g/mol. The Morgan fingerprint density at radius 2 is 1.93 bits per heavy atom. The molecule has 2 N–H and O–H groups in total. The Morgan fingerprint density at radius 1 is 1.13 bits per heavy atom. The van der Waals surface area contributed by atoms with Crippen LogP contribution in [0.15, 0.2) is 53.5 Å². The fourth-order valence-electron chi connectivity index (χ4n) is 3.65. The van der Waals surface area contributed by atoms with Crippen LogP contribution in [0.4, 0.5) is 0 Å². The van der Waals surface area contributed by atoms with E-state index in [0.29, 0.717) is 6.10 Å². The predicted octanol–water partition coefficient (Wildman–Crippen LogP) is 2.82. The van der Waals surface area contributed by atoms with Crippen molar-refractivity contribution in [1.29, 1.82) is 0 Å². The first-order valence-corrected chi connectivity index (χ1v) is 10.7. The van der Waals surface area contributed by atoms with Gasteiger partial charge in [0.2, 0.25) is 0 Å². The van der Waals surface area contributed by atoms with Crippen molar-refractivity contribution in [3.05, 3.63) is 65.2 Å². The van der Waals surface area contributed by atoms with Gasteiger partial charge in [-0.05, 0) is 42.2 Å². The molecule has 0 amide bonds. The van der Waals surface area contributed by atoms with Crippen molar-refractivity contribution in [2.24, 2.45) is 4.99 Å². The third-order valence-electron chi connectivity index (χ3n) is 5.27. The quantitative estimate of drug-likeness (QED) is 0.518. The van der Waals surface area contributed by atoms with E-state index in [1.165, 1.54) is 16.7 Å². The number of benzene rings is 2. The molecule has 1 fully saturated rings. The summed E-state index contributed by atoms with van der Waals surface area (Å²) in [6, 6.07) is 16.9. The number of nitrogens with one attached hydrogen (secondary N) is 2. The molecule has 1 saturated heterocycles. The summed E-state index contributed by atoms with van der Waals surface area (Å²) in [5, 5.41) is 6.80. The molecule has 0 radical (unpaired) electrons. The fourth-order valence-corrected chi connectivity index (χ4v) is 3.65. The van der Waals surface area contributed by atoms with Crippen LogP contribution in [-0.2, 0) is 24.2 Å². The lowest BCUT2D eigenvalue weighted by Gasteiger charge is -2.31. The maximum atomic E-state index is 5.64. The zero-order chi connectivity index (χ0) is 21.2. The van der Waals surface area contributed by atoms with E-state index in [9.17, 15) is 0 Å².